The molecule has 7 heterocycles. The van der Waals surface area contributed by atoms with E-state index < -0.39 is 30.2 Å². The Bertz CT molecular complexity index is 2770. The molecule has 0 spiro atoms. The van der Waals surface area contributed by atoms with Gasteiger partial charge in [0.15, 0.2) is 11.5 Å². The molecule has 7 aromatic rings. The summed E-state index contributed by atoms with van der Waals surface area (Å²) in [6, 6.07) is 27.7. The smallest absolute Gasteiger partial charge is 0.410 e. The number of nitrogens with one attached hydrogen (secondary N) is 2. The van der Waals surface area contributed by atoms with Crippen molar-refractivity contribution in [3.05, 3.63) is 158 Å². The molecule has 27 heteroatoms. The van der Waals surface area contributed by atoms with Crippen molar-refractivity contribution in [2.45, 2.75) is 51.7 Å². The molecule has 428 valence electrons. The molecule has 0 fully saturated rings. The van der Waals surface area contributed by atoms with Gasteiger partial charge in [0.2, 0.25) is 12.9 Å². The number of rotatable bonds is 24. The number of halogens is 2. The molecule has 1 aromatic carbocycles. The summed E-state index contributed by atoms with van der Waals surface area (Å²) in [4.78, 5) is 86.2. The van der Waals surface area contributed by atoms with Gasteiger partial charge in [-0.2, -0.15) is 0 Å². The van der Waals surface area contributed by atoms with Crippen molar-refractivity contribution in [3.8, 4) is 11.5 Å². The Balaban J connectivity index is 0.000000232. The zero-order valence-corrected chi connectivity index (χ0v) is 49.7. The second-order valence-corrected chi connectivity index (χ2v) is 23.1. The second-order valence-electron chi connectivity index (χ2n) is 16.1. The Hall–Kier alpha value is -6.51. The lowest BCUT2D eigenvalue weighted by Crippen LogP contribution is -2.41. The zero-order chi connectivity index (χ0) is 57.2. The maximum absolute atomic E-state index is 12.8. The third kappa shape index (κ3) is 24.1. The van der Waals surface area contributed by atoms with Gasteiger partial charge in [0.05, 0.1) is 77.3 Å². The molecule has 0 bridgehead atoms. The first kappa shape index (κ1) is 64.3. The molecule has 80 heavy (non-hydrogen) atoms. The number of esters is 1. The van der Waals surface area contributed by atoms with E-state index in [1.54, 1.807) is 101 Å². The number of carbonyl (C=O) groups excluding carboxylic acids is 6. The number of hydrogen-bond donors (Lipinski definition) is 3. The van der Waals surface area contributed by atoms with Crippen molar-refractivity contribution in [2.75, 3.05) is 58.7 Å². The molecule has 19 nitrogen and oxygen atoms in total. The standard InChI is InChI=1S/C25H27N3O7S2.C14H14N2O3S2.C13H16N2O2S2.CH2Cl2/c1-32-23(29)13-20(17-6-7-21-22(12-17)35-16-34-21)27-24(30)26-8-9-33-25(31)28(14-18-4-2-10-36-18)15-19-5-3-11-37-19;17-11-15-5-6-19-14(18)16(9-12-3-1-7-20-12)10-13-4-2-8-21-13;14-5-6-17-13(16)15(9-11-3-1-7-18-11)10-12-4-2-8-19-12;2-1-3/h2-7,10-12,20H,8-9,13-16H2,1H3,(H2,26,27,30);1-4,7-8H,5-6,9-10H2;1-4,7-8H,5-6,9-10,14H2;1H2/t20-;;;/m0.../s1. The van der Waals surface area contributed by atoms with Gasteiger partial charge in [-0.25, -0.2) is 29.0 Å². The van der Waals surface area contributed by atoms with Crippen molar-refractivity contribution in [2.24, 2.45) is 10.7 Å². The van der Waals surface area contributed by atoms with Crippen molar-refractivity contribution < 1.29 is 57.2 Å². The van der Waals surface area contributed by atoms with E-state index in [9.17, 15) is 28.8 Å². The summed E-state index contributed by atoms with van der Waals surface area (Å²) in [6.07, 6.45) is 0.164. The van der Waals surface area contributed by atoms with Crippen LogP contribution < -0.4 is 25.8 Å². The molecule has 0 saturated carbocycles. The summed E-state index contributed by atoms with van der Waals surface area (Å²) in [7, 11) is 1.29. The number of hydrogen-bond acceptors (Lipinski definition) is 20. The van der Waals surface area contributed by atoms with Gasteiger partial charge in [0.1, 0.15) is 19.8 Å². The molecule has 8 rings (SSSR count). The van der Waals surface area contributed by atoms with Gasteiger partial charge in [-0.15, -0.1) is 91.2 Å². The molecule has 5 amide bonds. The number of methoxy groups -OCH3 is 1. The third-order valence-corrected chi connectivity index (χ3v) is 15.7. The van der Waals surface area contributed by atoms with E-state index in [2.05, 4.69) is 15.6 Å². The van der Waals surface area contributed by atoms with Gasteiger partial charge in [-0.1, -0.05) is 42.5 Å². The van der Waals surface area contributed by atoms with Crippen molar-refractivity contribution in [1.82, 2.24) is 25.3 Å². The minimum absolute atomic E-state index is 0.0106. The molecule has 1 aliphatic rings. The van der Waals surface area contributed by atoms with E-state index in [0.29, 0.717) is 62.9 Å². The van der Waals surface area contributed by atoms with Crippen LogP contribution in [0.2, 0.25) is 0 Å². The maximum atomic E-state index is 12.8. The highest BCUT2D eigenvalue weighted by atomic mass is 35.5. The van der Waals surface area contributed by atoms with Crippen molar-refractivity contribution in [3.63, 3.8) is 0 Å². The van der Waals surface area contributed by atoms with Gasteiger partial charge in [-0.3, -0.25) is 19.5 Å². The highest BCUT2D eigenvalue weighted by molar-refractivity contribution is 7.11. The van der Waals surface area contributed by atoms with E-state index in [1.807, 2.05) is 105 Å². The Labute approximate surface area is 497 Å². The van der Waals surface area contributed by atoms with E-state index in [0.717, 1.165) is 29.3 Å². The number of thiophene rings is 6. The molecular formula is C53H59Cl2N7O12S6. The lowest BCUT2D eigenvalue weighted by Gasteiger charge is -2.21. The van der Waals surface area contributed by atoms with Crippen molar-refractivity contribution in [1.29, 1.82) is 0 Å². The van der Waals surface area contributed by atoms with E-state index in [-0.39, 0.29) is 57.6 Å². The van der Waals surface area contributed by atoms with Crippen LogP contribution in [0.15, 0.2) is 128 Å². The Morgan fingerprint density at radius 3 is 1.40 bits per heavy atom. The second kappa shape index (κ2) is 37.4. The van der Waals surface area contributed by atoms with Gasteiger partial charge in [0.25, 0.3) is 0 Å². The van der Waals surface area contributed by atoms with E-state index in [1.165, 1.54) is 13.2 Å². The van der Waals surface area contributed by atoms with Gasteiger partial charge in [0, 0.05) is 35.8 Å². The lowest BCUT2D eigenvalue weighted by molar-refractivity contribution is -0.141. The molecule has 1 atom stereocenters. The fourth-order valence-corrected chi connectivity index (χ4v) is 11.2. The minimum atomic E-state index is -0.656. The quantitative estimate of drug-likeness (QED) is 0.0128. The monoisotopic (exact) mass is 1250 g/mol. The Morgan fingerprint density at radius 2 is 1.02 bits per heavy atom. The number of ether oxygens (including phenoxy) is 6. The number of isocyanates is 1. The number of nitrogens with two attached hydrogens (primary N) is 1. The summed E-state index contributed by atoms with van der Waals surface area (Å²) < 4.78 is 31.2. The Kier molecular flexibility index (Phi) is 30.1. The molecule has 0 radical (unpaired) electrons. The average molecular weight is 1250 g/mol. The van der Waals surface area contributed by atoms with Crippen LogP contribution in [-0.4, -0.2) is 110 Å². The maximum Gasteiger partial charge on any atom is 0.410 e. The normalized spacial score (nSPS) is 11.1. The highest BCUT2D eigenvalue weighted by Gasteiger charge is 2.24. The number of amides is 5. The number of carbonyl (C=O) groups is 5. The first-order valence-electron chi connectivity index (χ1n) is 24.3. The summed E-state index contributed by atoms with van der Waals surface area (Å²) in [5.74, 6) is 0.656. The number of fused-ring (bicyclic) bond motifs is 1. The van der Waals surface area contributed by atoms with Crippen LogP contribution in [0.4, 0.5) is 19.2 Å². The first-order valence-corrected chi connectivity index (χ1v) is 30.6. The van der Waals surface area contributed by atoms with Crippen LogP contribution in [0, 0.1) is 0 Å². The molecular weight excluding hydrogens is 1190 g/mol. The SMILES string of the molecule is COC(=O)C[C@H](NC(=O)NCCOC(=O)N(Cc1cccs1)Cc1cccs1)c1ccc2c(c1)OCO2.ClCCl.NCCOC(=O)N(Cc1cccs1)Cc1cccs1.O=C=NCCOC(=O)N(Cc1cccs1)Cc1cccs1. The summed E-state index contributed by atoms with van der Waals surface area (Å²) >= 11 is 19.1. The summed E-state index contributed by atoms with van der Waals surface area (Å²) in [6.45, 7) is 4.04. The minimum Gasteiger partial charge on any atom is -0.469 e. The fraction of sp³-hybridized carbons (Fsp3) is 0.321. The lowest BCUT2D eigenvalue weighted by atomic mass is 10.0. The zero-order valence-electron chi connectivity index (χ0n) is 43.3. The number of aliphatic imine (C=N–C) groups is 1. The highest BCUT2D eigenvalue weighted by Crippen LogP contribution is 2.35. The number of urea groups is 1. The predicted octanol–water partition coefficient (Wildman–Crippen LogP) is 11.9. The predicted molar refractivity (Wildman–Crippen MR) is 315 cm³/mol. The molecule has 0 unspecified atom stereocenters. The average Bonchev–Trinajstić information content (AvgIpc) is 4.32. The largest absolute Gasteiger partial charge is 0.469 e. The third-order valence-electron chi connectivity index (χ3n) is 10.5. The summed E-state index contributed by atoms with van der Waals surface area (Å²) in [5.41, 5.74) is 6.02. The van der Waals surface area contributed by atoms with Crippen LogP contribution in [0.25, 0.3) is 0 Å². The number of benzene rings is 1. The molecule has 0 aliphatic carbocycles. The molecule has 4 N–H and O–H groups in total. The van der Waals surface area contributed by atoms with Crippen LogP contribution in [0.3, 0.4) is 0 Å². The number of alkyl halides is 2. The topological polar surface area (TPSA) is 230 Å². The fourth-order valence-electron chi connectivity index (χ4n) is 6.89. The summed E-state index contributed by atoms with van der Waals surface area (Å²) in [5, 5.41) is 17.5. The van der Waals surface area contributed by atoms with Crippen LogP contribution in [0.5, 0.6) is 11.5 Å². The first-order chi connectivity index (χ1) is 39.0. The van der Waals surface area contributed by atoms with Crippen LogP contribution >= 0.6 is 91.2 Å². The van der Waals surface area contributed by atoms with Crippen molar-refractivity contribution >= 4 is 128 Å². The van der Waals surface area contributed by atoms with E-state index >= 15 is 0 Å². The number of nitrogens with zero attached hydrogens (tertiary/aromatic N) is 4. The van der Waals surface area contributed by atoms with Gasteiger partial charge >= 0.3 is 30.3 Å². The molecule has 0 saturated heterocycles. The Morgan fingerprint density at radius 1 is 0.625 bits per heavy atom. The van der Waals surface area contributed by atoms with Crippen LogP contribution in [-0.2, 0) is 67.8 Å². The van der Waals surface area contributed by atoms with Gasteiger partial charge < -0.3 is 44.8 Å². The van der Waals surface area contributed by atoms with E-state index in [4.69, 9.17) is 57.4 Å². The van der Waals surface area contributed by atoms with Gasteiger partial charge in [-0.05, 0) is 86.4 Å². The van der Waals surface area contributed by atoms with Crippen LogP contribution in [0.1, 0.15) is 47.3 Å². The molecule has 6 aromatic heterocycles. The molecule has 1 aliphatic heterocycles.